The third-order valence-electron chi connectivity index (χ3n) is 5.48. The number of nitrogens with zero attached hydrogens (tertiary/aromatic N) is 5. The molecule has 0 aliphatic rings. The number of rotatable bonds is 7. The van der Waals surface area contributed by atoms with Crippen molar-refractivity contribution in [3.63, 3.8) is 0 Å². The van der Waals surface area contributed by atoms with E-state index >= 15 is 0 Å². The van der Waals surface area contributed by atoms with Crippen LogP contribution in [-0.4, -0.2) is 36.4 Å². The second-order valence-corrected chi connectivity index (χ2v) is 8.88. The molecule has 4 heterocycles. The van der Waals surface area contributed by atoms with Gasteiger partial charge in [0.15, 0.2) is 0 Å². The molecule has 4 aromatic heterocycles. The number of anilines is 1. The Hall–Kier alpha value is -3.74. The minimum Gasteiger partial charge on any atom is -0.365 e. The lowest BCUT2D eigenvalue weighted by Crippen LogP contribution is -2.18. The van der Waals surface area contributed by atoms with Gasteiger partial charge in [0.25, 0.3) is 5.91 Å². The molecule has 4 aromatic rings. The lowest BCUT2D eigenvalue weighted by atomic mass is 10.0. The van der Waals surface area contributed by atoms with Crippen molar-refractivity contribution in [2.24, 2.45) is 5.73 Å². The van der Waals surface area contributed by atoms with E-state index in [1.807, 2.05) is 13.8 Å². The van der Waals surface area contributed by atoms with Crippen molar-refractivity contribution in [3.05, 3.63) is 46.5 Å². The summed E-state index contributed by atoms with van der Waals surface area (Å²) in [6, 6.07) is 2.71. The van der Waals surface area contributed by atoms with E-state index in [9.17, 15) is 22.8 Å². The predicted molar refractivity (Wildman–Crippen MR) is 125 cm³/mol. The first-order valence-corrected chi connectivity index (χ1v) is 11.5. The molecule has 0 spiro atoms. The molecular formula is C22H22F3N7O2S. The van der Waals surface area contributed by atoms with Crippen LogP contribution in [0.5, 0.6) is 0 Å². The fraction of sp³-hybridized carbons (Fsp3) is 0.318. The minimum atomic E-state index is -4.72. The molecule has 0 bridgehead atoms. The van der Waals surface area contributed by atoms with Crippen molar-refractivity contribution < 1.29 is 22.8 Å². The summed E-state index contributed by atoms with van der Waals surface area (Å²) in [5.74, 6) is -1.33. The first-order chi connectivity index (χ1) is 16.5. The van der Waals surface area contributed by atoms with Crippen molar-refractivity contribution in [2.45, 2.75) is 46.5 Å². The zero-order chi connectivity index (χ0) is 25.5. The highest BCUT2D eigenvalue weighted by atomic mass is 32.1. The van der Waals surface area contributed by atoms with Crippen LogP contribution in [0.15, 0.2) is 24.5 Å². The van der Waals surface area contributed by atoms with Gasteiger partial charge in [0.2, 0.25) is 5.91 Å². The summed E-state index contributed by atoms with van der Waals surface area (Å²) in [6.45, 7) is 6.16. The number of pyridine rings is 1. The van der Waals surface area contributed by atoms with Crippen molar-refractivity contribution in [2.75, 3.05) is 5.32 Å². The van der Waals surface area contributed by atoms with Gasteiger partial charge in [0, 0.05) is 48.5 Å². The average Bonchev–Trinajstić information content (AvgIpc) is 3.48. The quantitative estimate of drug-likeness (QED) is 0.391. The molecule has 4 rings (SSSR count). The molecule has 0 aromatic carbocycles. The van der Waals surface area contributed by atoms with Crippen LogP contribution in [0.25, 0.3) is 21.3 Å². The molecular weight excluding hydrogens is 483 g/mol. The number of nitrogens with one attached hydrogen (secondary N) is 1. The maximum atomic E-state index is 13.7. The Bertz CT molecular complexity index is 1430. The van der Waals surface area contributed by atoms with Crippen LogP contribution >= 0.6 is 11.3 Å². The zero-order valence-corrected chi connectivity index (χ0v) is 19.9. The Morgan fingerprint density at radius 2 is 1.97 bits per heavy atom. The molecule has 0 atom stereocenters. The second kappa shape index (κ2) is 9.13. The summed E-state index contributed by atoms with van der Waals surface area (Å²) < 4.78 is 44.3. The normalized spacial score (nSPS) is 11.8. The van der Waals surface area contributed by atoms with Crippen LogP contribution in [0.1, 0.15) is 40.1 Å². The number of aromatic nitrogens is 5. The zero-order valence-electron chi connectivity index (χ0n) is 19.1. The molecule has 9 nitrogen and oxygen atoms in total. The molecule has 184 valence electrons. The van der Waals surface area contributed by atoms with Crippen molar-refractivity contribution >= 4 is 39.1 Å². The van der Waals surface area contributed by atoms with E-state index in [0.717, 1.165) is 11.8 Å². The molecule has 0 aliphatic heterocycles. The number of halogens is 3. The summed E-state index contributed by atoms with van der Waals surface area (Å²) in [5.41, 5.74) is 6.40. The van der Waals surface area contributed by atoms with Crippen LogP contribution in [0.4, 0.5) is 18.9 Å². The van der Waals surface area contributed by atoms with Crippen molar-refractivity contribution in [1.82, 2.24) is 24.5 Å². The van der Waals surface area contributed by atoms with Gasteiger partial charge in [-0.05, 0) is 38.5 Å². The first kappa shape index (κ1) is 24.4. The highest BCUT2D eigenvalue weighted by molar-refractivity contribution is 7.21. The Morgan fingerprint density at radius 1 is 1.23 bits per heavy atom. The summed E-state index contributed by atoms with van der Waals surface area (Å²) in [5, 5.41) is 11.4. The molecule has 3 N–H and O–H groups in total. The molecule has 0 saturated carbocycles. The van der Waals surface area contributed by atoms with E-state index in [-0.39, 0.29) is 39.3 Å². The van der Waals surface area contributed by atoms with E-state index in [1.165, 1.54) is 0 Å². The van der Waals surface area contributed by atoms with E-state index in [0.29, 0.717) is 29.1 Å². The van der Waals surface area contributed by atoms with Gasteiger partial charge in [-0.1, -0.05) is 0 Å². The second-order valence-electron chi connectivity index (χ2n) is 7.88. The maximum absolute atomic E-state index is 13.7. The first-order valence-electron chi connectivity index (χ1n) is 10.7. The number of hydrogen-bond donors (Lipinski definition) is 2. The van der Waals surface area contributed by atoms with Gasteiger partial charge in [-0.2, -0.15) is 23.4 Å². The van der Waals surface area contributed by atoms with Gasteiger partial charge >= 0.3 is 6.18 Å². The minimum absolute atomic E-state index is 0.0221. The molecule has 0 radical (unpaired) electrons. The fourth-order valence-corrected chi connectivity index (χ4v) is 4.74. The monoisotopic (exact) mass is 505 g/mol. The molecule has 0 unspecified atom stereocenters. The largest absolute Gasteiger partial charge is 0.433 e. The molecule has 0 saturated heterocycles. The Morgan fingerprint density at radius 3 is 2.54 bits per heavy atom. The highest BCUT2D eigenvalue weighted by Gasteiger charge is 2.35. The number of amides is 2. The number of alkyl halides is 3. The number of fused-ring (bicyclic) bond motifs is 1. The molecule has 2 amide bonds. The summed E-state index contributed by atoms with van der Waals surface area (Å²) in [7, 11) is 0. The number of nitrogens with two attached hydrogens (primary N) is 1. The van der Waals surface area contributed by atoms with Crippen LogP contribution in [0, 0.1) is 13.8 Å². The SMILES string of the molecule is CCn1cc(-c2cc(C(F)(F)F)nc3sc(C(N)=O)c(NC(=O)CCn4nccc4C)c23)c(C)n1. The van der Waals surface area contributed by atoms with Crippen LogP contribution in [-0.2, 0) is 24.1 Å². The van der Waals surface area contributed by atoms with Gasteiger partial charge in [0.05, 0.1) is 11.4 Å². The van der Waals surface area contributed by atoms with Gasteiger partial charge in [0.1, 0.15) is 15.4 Å². The van der Waals surface area contributed by atoms with E-state index in [1.54, 1.807) is 34.7 Å². The Balaban J connectivity index is 1.86. The number of carbonyl (C=O) groups is 2. The maximum Gasteiger partial charge on any atom is 0.433 e. The lowest BCUT2D eigenvalue weighted by Gasteiger charge is -2.12. The number of aryl methyl sites for hydroxylation is 4. The predicted octanol–water partition coefficient (Wildman–Crippen LogP) is 4.14. The summed E-state index contributed by atoms with van der Waals surface area (Å²) in [4.78, 5) is 28.6. The molecule has 35 heavy (non-hydrogen) atoms. The van der Waals surface area contributed by atoms with Gasteiger partial charge in [-0.15, -0.1) is 11.3 Å². The fourth-order valence-electron chi connectivity index (χ4n) is 3.74. The highest BCUT2D eigenvalue weighted by Crippen LogP contribution is 2.44. The van der Waals surface area contributed by atoms with Crippen LogP contribution in [0.2, 0.25) is 0 Å². The van der Waals surface area contributed by atoms with Crippen LogP contribution in [0.3, 0.4) is 0 Å². The molecule has 13 heteroatoms. The van der Waals surface area contributed by atoms with Crippen molar-refractivity contribution in [3.8, 4) is 11.1 Å². The Kier molecular flexibility index (Phi) is 6.36. The van der Waals surface area contributed by atoms with Crippen molar-refractivity contribution in [1.29, 1.82) is 0 Å². The number of primary amides is 1. The third kappa shape index (κ3) is 4.76. The average molecular weight is 506 g/mol. The topological polar surface area (TPSA) is 121 Å². The van der Waals surface area contributed by atoms with Crippen LogP contribution < -0.4 is 11.1 Å². The van der Waals surface area contributed by atoms with Gasteiger partial charge in [-0.25, -0.2) is 4.98 Å². The third-order valence-corrected chi connectivity index (χ3v) is 6.58. The van der Waals surface area contributed by atoms with Gasteiger partial charge in [-0.3, -0.25) is 19.0 Å². The lowest BCUT2D eigenvalue weighted by molar-refractivity contribution is -0.140. The number of carbonyl (C=O) groups excluding carboxylic acids is 2. The molecule has 0 fully saturated rings. The van der Waals surface area contributed by atoms with E-state index in [4.69, 9.17) is 5.73 Å². The number of thiophene rings is 1. The standard InChI is InChI=1S/C22H22F3N7O2S/c1-4-31-10-14(12(3)30-31)13-9-15(22(23,24)25)28-21-17(13)18(19(35-21)20(26)34)29-16(33)6-8-32-11(2)5-7-27-32/h5,7,9-10H,4,6,8H2,1-3H3,(H2,26,34)(H,29,33). The molecule has 0 aliphatic carbocycles. The smallest absolute Gasteiger partial charge is 0.365 e. The van der Waals surface area contributed by atoms with E-state index < -0.39 is 23.7 Å². The Labute approximate surface area is 201 Å². The van der Waals surface area contributed by atoms with Gasteiger partial charge < -0.3 is 11.1 Å². The van der Waals surface area contributed by atoms with E-state index in [2.05, 4.69) is 20.5 Å². The number of hydrogen-bond acceptors (Lipinski definition) is 6. The summed E-state index contributed by atoms with van der Waals surface area (Å²) >= 11 is 0.705. The summed E-state index contributed by atoms with van der Waals surface area (Å²) in [6.07, 6.45) is -1.47.